The van der Waals surface area contributed by atoms with Crippen molar-refractivity contribution in [1.29, 1.82) is 0 Å². The molecule has 0 bridgehead atoms. The van der Waals surface area contributed by atoms with E-state index in [-0.39, 0.29) is 62.6 Å². The molecule has 2 heterocycles. The molecule has 0 unspecified atom stereocenters. The van der Waals surface area contributed by atoms with E-state index in [1.165, 1.54) is 7.05 Å². The number of hydrogen-bond acceptors (Lipinski definition) is 35. The van der Waals surface area contributed by atoms with Gasteiger partial charge in [-0.1, -0.05) is 83.1 Å². The number of hydroxylamine groups is 4. The largest absolute Gasteiger partial charge is 0.344 e. The molecule has 0 aromatic heterocycles. The van der Waals surface area contributed by atoms with Gasteiger partial charge >= 0.3 is 11.9 Å². The molecule has 0 aromatic carbocycles. The van der Waals surface area contributed by atoms with Crippen molar-refractivity contribution in [2.24, 2.45) is 5.73 Å². The molecule has 0 aliphatic carbocycles. The van der Waals surface area contributed by atoms with Crippen LogP contribution in [0.2, 0.25) is 0 Å². The highest BCUT2D eigenvalue weighted by molar-refractivity contribution is 6.02. The molecule has 0 radical (unpaired) electrons. The van der Waals surface area contributed by atoms with E-state index in [1.54, 1.807) is 0 Å². The Labute approximate surface area is 502 Å². The molecule has 84 heavy (non-hydrogen) atoms. The Kier molecular flexibility index (Phi) is 2080. The molecule has 2 aliphatic heterocycles. The van der Waals surface area contributed by atoms with Crippen LogP contribution in [-0.4, -0.2) is 203 Å². The second kappa shape index (κ2) is 748. The monoisotopic (exact) mass is 1260 g/mol. The third-order valence-electron chi connectivity index (χ3n) is 2.45. The van der Waals surface area contributed by atoms with E-state index < -0.39 is 35.6 Å². The molecule has 2 aliphatic rings. The Balaban J connectivity index is -0.0000000108. The summed E-state index contributed by atoms with van der Waals surface area (Å²) in [5.74, 6) is -3.13. The van der Waals surface area contributed by atoms with Crippen LogP contribution in [0, 0.1) is 0 Å². The van der Waals surface area contributed by atoms with Crippen LogP contribution in [0.4, 0.5) is 0 Å². The summed E-state index contributed by atoms with van der Waals surface area (Å²) in [5, 5.41) is 6.53. The zero-order chi connectivity index (χ0) is 72.3. The van der Waals surface area contributed by atoms with Crippen molar-refractivity contribution in [3.05, 3.63) is 0 Å². The van der Waals surface area contributed by atoms with E-state index in [0.29, 0.717) is 10.1 Å². The van der Waals surface area contributed by atoms with Crippen molar-refractivity contribution in [2.75, 3.05) is 35.2 Å². The first kappa shape index (κ1) is 233. The first-order valence-corrected chi connectivity index (χ1v) is 20.1. The fourth-order valence-corrected chi connectivity index (χ4v) is 1.57. The standard InChI is InChI=1S/2C6H7NO4.2C2H7N.6C2H6.CH5N.18CH2O.6H3N/c2*1-4(8)11-7-5(9)2-3-6(7)10;2*1-3-2;25*1-2;;;;;;/h2*2-3H2,1H3;2*3H,1-2H3;6*1-2H3;2H2,1H3;18*1H2;6*1H3. The highest BCUT2D eigenvalue weighted by atomic mass is 16.7. The molecule has 22 N–H and O–H groups in total. The van der Waals surface area contributed by atoms with Gasteiger partial charge in [0.05, 0.1) is 0 Å². The molecule has 2 saturated heterocycles. The molecule has 2 fully saturated rings. The van der Waals surface area contributed by atoms with E-state index in [9.17, 15) is 28.8 Å². The summed E-state index contributed by atoms with van der Waals surface area (Å²) in [6, 6.07) is 0. The summed E-state index contributed by atoms with van der Waals surface area (Å²) in [6.45, 7) is 62.3. The number of nitrogens with one attached hydrogen (secondary N) is 2. The molecular weight excluding hydrogens is 1130 g/mol. The summed E-state index contributed by atoms with van der Waals surface area (Å²) in [5.41, 5.74) is 4.50. The smallest absolute Gasteiger partial charge is 0.330 e. The number of imide groups is 2. The first-order valence-electron chi connectivity index (χ1n) is 20.1. The van der Waals surface area contributed by atoms with Gasteiger partial charge in [-0.2, -0.15) is 0 Å². The Hall–Kier alpha value is -9.08. The molecule has 522 valence electrons. The van der Waals surface area contributed by atoms with Crippen LogP contribution in [0.25, 0.3) is 0 Å². The third kappa shape index (κ3) is 607. The van der Waals surface area contributed by atoms with Crippen LogP contribution in [-0.2, 0) is 125 Å². The second-order valence-electron chi connectivity index (χ2n) is 5.33. The summed E-state index contributed by atoms with van der Waals surface area (Å²) >= 11 is 0. The zero-order valence-corrected chi connectivity index (χ0v) is 54.9. The van der Waals surface area contributed by atoms with Gasteiger partial charge < -0.3 is 149 Å². The number of nitrogens with two attached hydrogens (primary N) is 1. The van der Waals surface area contributed by atoms with Crippen molar-refractivity contribution < 1.29 is 125 Å². The van der Waals surface area contributed by atoms with Gasteiger partial charge in [-0.05, 0) is 35.2 Å². The van der Waals surface area contributed by atoms with Gasteiger partial charge in [-0.15, -0.1) is 10.1 Å². The van der Waals surface area contributed by atoms with Crippen LogP contribution in [0.15, 0.2) is 0 Å². The van der Waals surface area contributed by atoms with Crippen molar-refractivity contribution in [3.63, 3.8) is 0 Å². The highest BCUT2D eigenvalue weighted by Gasteiger charge is 2.32. The molecule has 0 spiro atoms. The quantitative estimate of drug-likeness (QED) is 0.179. The third-order valence-corrected chi connectivity index (χ3v) is 2.45. The minimum atomic E-state index is -0.659. The number of nitrogens with zero attached hydrogens (tertiary/aromatic N) is 2. The highest BCUT2D eigenvalue weighted by Crippen LogP contribution is 2.12. The number of carbonyl (C=O) groups is 24. The van der Waals surface area contributed by atoms with E-state index in [0.717, 1.165) is 13.8 Å². The van der Waals surface area contributed by atoms with Crippen molar-refractivity contribution in [2.45, 2.75) is 123 Å². The number of carbonyl (C=O) groups excluding carboxylic acids is 24. The molecule has 0 saturated carbocycles. The average Bonchev–Trinajstić information content (AvgIpc) is 4.07. The Morgan fingerprint density at radius 2 is 0.345 bits per heavy atom. The lowest BCUT2D eigenvalue weighted by Gasteiger charge is -2.09. The van der Waals surface area contributed by atoms with Crippen LogP contribution in [0.1, 0.15) is 123 Å². The fourth-order valence-electron chi connectivity index (χ4n) is 1.57. The maximum atomic E-state index is 10.7. The molecule has 2 rings (SSSR count). The van der Waals surface area contributed by atoms with Gasteiger partial charge in [0.1, 0.15) is 122 Å². The Morgan fingerprint density at radius 3 is 0.393 bits per heavy atom. The summed E-state index contributed by atoms with van der Waals surface area (Å²) < 4.78 is 0. The Morgan fingerprint density at radius 1 is 0.286 bits per heavy atom. The molecular formula is C47H123N11O26. The topological polar surface area (TPSA) is 695 Å². The first-order chi connectivity index (χ1) is 38.0. The maximum absolute atomic E-state index is 10.7. The lowest BCUT2D eigenvalue weighted by atomic mass is 10.4. The van der Waals surface area contributed by atoms with Gasteiger partial charge in [0.2, 0.25) is 0 Å². The minimum absolute atomic E-state index is 0. The lowest BCUT2D eigenvalue weighted by Crippen LogP contribution is -2.30. The van der Waals surface area contributed by atoms with Crippen molar-refractivity contribution in [3.8, 4) is 0 Å². The number of rotatable bonds is 2. The van der Waals surface area contributed by atoms with E-state index in [1.807, 2.05) is 233 Å². The molecule has 0 aromatic rings. The van der Waals surface area contributed by atoms with Gasteiger partial charge in [-0.25, -0.2) is 9.59 Å². The van der Waals surface area contributed by atoms with E-state index in [2.05, 4.69) is 26.0 Å². The van der Waals surface area contributed by atoms with E-state index in [4.69, 9.17) is 86.3 Å². The lowest BCUT2D eigenvalue weighted by molar-refractivity contribution is -0.195. The Bertz CT molecular complexity index is 762. The summed E-state index contributed by atoms with van der Waals surface area (Å²) in [4.78, 5) is 216. The predicted molar refractivity (Wildman–Crippen MR) is 332 cm³/mol. The number of amides is 4. The van der Waals surface area contributed by atoms with Gasteiger partial charge in [0.15, 0.2) is 0 Å². The predicted octanol–water partition coefficient (Wildman–Crippen LogP) is 2.27. The second-order valence-corrected chi connectivity index (χ2v) is 5.33. The molecule has 37 heteroatoms. The van der Waals surface area contributed by atoms with Crippen LogP contribution in [0.3, 0.4) is 0 Å². The normalized spacial score (nSPS) is 6.33. The van der Waals surface area contributed by atoms with Gasteiger partial charge in [0.25, 0.3) is 23.6 Å². The zero-order valence-electron chi connectivity index (χ0n) is 54.9. The van der Waals surface area contributed by atoms with Crippen LogP contribution in [0.5, 0.6) is 0 Å². The minimum Gasteiger partial charge on any atom is -0.344 e. The van der Waals surface area contributed by atoms with Gasteiger partial charge in [-0.3, -0.25) is 19.2 Å². The summed E-state index contributed by atoms with van der Waals surface area (Å²) in [6.07, 6.45) is 0.524. The van der Waals surface area contributed by atoms with Crippen LogP contribution >= 0.6 is 0 Å². The van der Waals surface area contributed by atoms with Crippen molar-refractivity contribution >= 4 is 158 Å². The SMILES string of the molecule is C=O.C=O.C=O.C=O.C=O.C=O.C=O.C=O.C=O.C=O.C=O.C=O.C=O.C=O.C=O.C=O.C=O.C=O.CC.CC.CC.CC.CC.CC.CC(=O)ON1C(=O)CCC1=O.CC(=O)ON1C(=O)CCC1=O.CN.CNC.CNC.N.N.N.N.N.N. The average molecular weight is 1260 g/mol. The molecule has 0 atom stereocenters. The number of hydrogen-bond donors (Lipinski definition) is 9. The van der Waals surface area contributed by atoms with Crippen LogP contribution < -0.4 is 53.3 Å². The van der Waals surface area contributed by atoms with Gasteiger partial charge in [0, 0.05) is 39.5 Å². The van der Waals surface area contributed by atoms with E-state index >= 15 is 0 Å². The fraction of sp³-hybridized carbons (Fsp3) is 0.489. The summed E-state index contributed by atoms with van der Waals surface area (Å²) in [7, 11) is 9.00. The van der Waals surface area contributed by atoms with Crippen molar-refractivity contribution in [1.82, 2.24) is 57.7 Å². The molecule has 4 amide bonds. The maximum Gasteiger partial charge on any atom is 0.330 e. The molecule has 37 nitrogen and oxygen atoms in total.